The minimum absolute atomic E-state index is 0.508. The monoisotopic (exact) mass is 253 g/mol. The van der Waals surface area contributed by atoms with Crippen molar-refractivity contribution in [1.82, 2.24) is 14.4 Å². The molecule has 0 aliphatic carbocycles. The Bertz CT molecular complexity index is 749. The minimum Gasteiger partial charge on any atom is -0.481 e. The van der Waals surface area contributed by atoms with Crippen molar-refractivity contribution in [2.24, 2.45) is 0 Å². The first kappa shape index (κ1) is 11.4. The zero-order valence-corrected chi connectivity index (χ0v) is 10.3. The quantitative estimate of drug-likeness (QED) is 0.671. The maximum absolute atomic E-state index is 11.0. The Balaban J connectivity index is 2.17. The van der Waals surface area contributed by atoms with Crippen molar-refractivity contribution in [3.8, 4) is 17.1 Å². The molecule has 0 saturated heterocycles. The number of carbonyl (C=O) groups is 1. The van der Waals surface area contributed by atoms with E-state index in [2.05, 4.69) is 9.97 Å². The third kappa shape index (κ3) is 1.95. The van der Waals surface area contributed by atoms with Gasteiger partial charge in [-0.3, -0.25) is 9.20 Å². The van der Waals surface area contributed by atoms with Crippen LogP contribution in [0.5, 0.6) is 5.88 Å². The van der Waals surface area contributed by atoms with Crippen molar-refractivity contribution in [2.75, 3.05) is 7.11 Å². The van der Waals surface area contributed by atoms with E-state index in [1.807, 2.05) is 30.6 Å². The zero-order valence-electron chi connectivity index (χ0n) is 10.3. The van der Waals surface area contributed by atoms with E-state index in [-0.39, 0.29) is 0 Å². The Morgan fingerprint density at radius 2 is 2.05 bits per heavy atom. The lowest BCUT2D eigenvalue weighted by Gasteiger charge is -1.98. The molecule has 1 aromatic carbocycles. The SMILES string of the molecule is COc1ccn2cc(-c3ccccc3C=O)nc2n1. The molecule has 0 amide bonds. The highest BCUT2D eigenvalue weighted by Crippen LogP contribution is 2.22. The number of benzene rings is 1. The standard InChI is InChI=1S/C14H11N3O2/c1-19-13-6-7-17-8-12(15-14(17)16-13)11-5-3-2-4-10(11)9-18/h2-9H,1H3. The van der Waals surface area contributed by atoms with Crippen LogP contribution in [0.4, 0.5) is 0 Å². The van der Waals surface area contributed by atoms with E-state index in [1.54, 1.807) is 23.6 Å². The van der Waals surface area contributed by atoms with Crippen LogP contribution < -0.4 is 4.74 Å². The van der Waals surface area contributed by atoms with Gasteiger partial charge in [-0.2, -0.15) is 4.98 Å². The largest absolute Gasteiger partial charge is 0.481 e. The van der Waals surface area contributed by atoms with Crippen LogP contribution >= 0.6 is 0 Å². The van der Waals surface area contributed by atoms with Gasteiger partial charge >= 0.3 is 0 Å². The minimum atomic E-state index is 0.508. The second-order valence-electron chi connectivity index (χ2n) is 4.01. The molecule has 0 fully saturated rings. The predicted molar refractivity (Wildman–Crippen MR) is 70.4 cm³/mol. The van der Waals surface area contributed by atoms with E-state index in [0.29, 0.717) is 22.9 Å². The lowest BCUT2D eigenvalue weighted by atomic mass is 10.1. The Kier molecular flexibility index (Phi) is 2.72. The molecule has 3 aromatic rings. The number of fused-ring (bicyclic) bond motifs is 1. The normalized spacial score (nSPS) is 10.6. The van der Waals surface area contributed by atoms with Gasteiger partial charge in [0.15, 0.2) is 6.29 Å². The highest BCUT2D eigenvalue weighted by molar-refractivity contribution is 5.86. The van der Waals surface area contributed by atoms with E-state index in [9.17, 15) is 4.79 Å². The van der Waals surface area contributed by atoms with Crippen molar-refractivity contribution in [3.05, 3.63) is 48.3 Å². The van der Waals surface area contributed by atoms with E-state index in [0.717, 1.165) is 11.8 Å². The molecule has 5 nitrogen and oxygen atoms in total. The summed E-state index contributed by atoms with van der Waals surface area (Å²) < 4.78 is 6.85. The van der Waals surface area contributed by atoms with Gasteiger partial charge < -0.3 is 4.74 Å². The summed E-state index contributed by atoms with van der Waals surface area (Å²) in [5.74, 6) is 1.04. The molecule has 0 N–H and O–H groups in total. The van der Waals surface area contributed by atoms with Crippen molar-refractivity contribution >= 4 is 12.1 Å². The molecule has 3 rings (SSSR count). The third-order valence-electron chi connectivity index (χ3n) is 2.87. The summed E-state index contributed by atoms with van der Waals surface area (Å²) in [6, 6.07) is 9.08. The number of imidazole rings is 1. The molecular weight excluding hydrogens is 242 g/mol. The van der Waals surface area contributed by atoms with Gasteiger partial charge in [0.25, 0.3) is 0 Å². The molecule has 0 unspecified atom stereocenters. The summed E-state index contributed by atoms with van der Waals surface area (Å²) in [6.45, 7) is 0. The topological polar surface area (TPSA) is 56.5 Å². The van der Waals surface area contributed by atoms with Crippen molar-refractivity contribution in [3.63, 3.8) is 0 Å². The fraction of sp³-hybridized carbons (Fsp3) is 0.0714. The predicted octanol–water partition coefficient (Wildman–Crippen LogP) is 2.22. The molecule has 0 aliphatic rings. The van der Waals surface area contributed by atoms with Gasteiger partial charge in [-0.25, -0.2) is 4.98 Å². The number of carbonyl (C=O) groups excluding carboxylic acids is 1. The van der Waals surface area contributed by atoms with Gasteiger partial charge in [-0.15, -0.1) is 0 Å². The highest BCUT2D eigenvalue weighted by atomic mass is 16.5. The maximum Gasteiger partial charge on any atom is 0.237 e. The van der Waals surface area contributed by atoms with Gasteiger partial charge in [0.1, 0.15) is 0 Å². The second-order valence-corrected chi connectivity index (χ2v) is 4.01. The molecular formula is C14H11N3O2. The van der Waals surface area contributed by atoms with Crippen LogP contribution in [0.25, 0.3) is 17.0 Å². The maximum atomic E-state index is 11.0. The van der Waals surface area contributed by atoms with Crippen molar-refractivity contribution in [2.45, 2.75) is 0 Å². The first-order valence-electron chi connectivity index (χ1n) is 5.76. The lowest BCUT2D eigenvalue weighted by Crippen LogP contribution is -1.91. The van der Waals surface area contributed by atoms with Gasteiger partial charge in [0.05, 0.1) is 12.8 Å². The number of aldehydes is 1. The first-order valence-corrected chi connectivity index (χ1v) is 5.76. The average molecular weight is 253 g/mol. The van der Waals surface area contributed by atoms with Crippen LogP contribution in [0, 0.1) is 0 Å². The molecule has 5 heteroatoms. The number of ether oxygens (including phenoxy) is 1. The average Bonchev–Trinajstić information content (AvgIpc) is 2.89. The molecule has 2 aromatic heterocycles. The Morgan fingerprint density at radius 1 is 1.21 bits per heavy atom. The highest BCUT2D eigenvalue weighted by Gasteiger charge is 2.09. The number of methoxy groups -OCH3 is 1. The molecule has 0 atom stereocenters. The number of rotatable bonds is 3. The summed E-state index contributed by atoms with van der Waals surface area (Å²) in [4.78, 5) is 19.7. The summed E-state index contributed by atoms with van der Waals surface area (Å²) in [6.07, 6.45) is 4.48. The fourth-order valence-corrected chi connectivity index (χ4v) is 1.93. The Hall–Kier alpha value is -2.69. The van der Waals surface area contributed by atoms with Crippen LogP contribution in [0.2, 0.25) is 0 Å². The summed E-state index contributed by atoms with van der Waals surface area (Å²) >= 11 is 0. The van der Waals surface area contributed by atoms with Crippen LogP contribution in [-0.4, -0.2) is 27.8 Å². The molecule has 0 aliphatic heterocycles. The van der Waals surface area contributed by atoms with Gasteiger partial charge in [-0.05, 0) is 0 Å². The Morgan fingerprint density at radius 3 is 2.84 bits per heavy atom. The van der Waals surface area contributed by atoms with Crippen LogP contribution in [0.3, 0.4) is 0 Å². The van der Waals surface area contributed by atoms with E-state index in [1.165, 1.54) is 0 Å². The summed E-state index contributed by atoms with van der Waals surface area (Å²) in [5.41, 5.74) is 2.11. The van der Waals surface area contributed by atoms with Crippen molar-refractivity contribution < 1.29 is 9.53 Å². The third-order valence-corrected chi connectivity index (χ3v) is 2.87. The second kappa shape index (κ2) is 4.53. The fourth-order valence-electron chi connectivity index (χ4n) is 1.93. The zero-order chi connectivity index (χ0) is 13.2. The van der Waals surface area contributed by atoms with Gasteiger partial charge in [0.2, 0.25) is 11.7 Å². The smallest absolute Gasteiger partial charge is 0.237 e. The van der Waals surface area contributed by atoms with Crippen LogP contribution in [0.1, 0.15) is 10.4 Å². The molecule has 0 bridgehead atoms. The van der Waals surface area contributed by atoms with Crippen molar-refractivity contribution in [1.29, 1.82) is 0 Å². The first-order chi connectivity index (χ1) is 9.31. The van der Waals surface area contributed by atoms with E-state index < -0.39 is 0 Å². The summed E-state index contributed by atoms with van der Waals surface area (Å²) in [5, 5.41) is 0. The number of aromatic nitrogens is 3. The molecule has 0 radical (unpaired) electrons. The molecule has 0 saturated carbocycles. The molecule has 94 valence electrons. The summed E-state index contributed by atoms with van der Waals surface area (Å²) in [7, 11) is 1.56. The van der Waals surface area contributed by atoms with E-state index >= 15 is 0 Å². The van der Waals surface area contributed by atoms with Gasteiger partial charge in [0, 0.05) is 29.6 Å². The van der Waals surface area contributed by atoms with E-state index in [4.69, 9.17) is 4.74 Å². The Labute approximate surface area is 109 Å². The van der Waals surface area contributed by atoms with Gasteiger partial charge in [-0.1, -0.05) is 24.3 Å². The number of hydrogen-bond donors (Lipinski definition) is 0. The molecule has 2 heterocycles. The lowest BCUT2D eigenvalue weighted by molar-refractivity contribution is 0.112. The molecule has 0 spiro atoms. The van der Waals surface area contributed by atoms with Crippen LogP contribution in [0.15, 0.2) is 42.7 Å². The number of nitrogens with zero attached hydrogens (tertiary/aromatic N) is 3. The van der Waals surface area contributed by atoms with Crippen LogP contribution in [-0.2, 0) is 0 Å². The number of hydrogen-bond acceptors (Lipinski definition) is 4. The molecule has 19 heavy (non-hydrogen) atoms.